The number of rotatable bonds is 10. The number of benzene rings is 1. The van der Waals surface area contributed by atoms with Gasteiger partial charge in [-0.1, -0.05) is 45.6 Å². The molecule has 0 heterocycles. The summed E-state index contributed by atoms with van der Waals surface area (Å²) in [4.78, 5) is 0. The molecule has 0 aliphatic heterocycles. The van der Waals surface area contributed by atoms with Crippen LogP contribution in [-0.2, 0) is 6.42 Å². The molecule has 0 aromatic heterocycles. The van der Waals surface area contributed by atoms with Gasteiger partial charge in [0.1, 0.15) is 5.82 Å². The molecule has 20 heavy (non-hydrogen) atoms. The van der Waals surface area contributed by atoms with Gasteiger partial charge >= 0.3 is 0 Å². The van der Waals surface area contributed by atoms with E-state index in [1.807, 2.05) is 6.07 Å². The fourth-order valence-corrected chi connectivity index (χ4v) is 2.57. The van der Waals surface area contributed by atoms with Gasteiger partial charge in [-0.2, -0.15) is 0 Å². The molecule has 1 nitrogen and oxygen atoms in total. The molecule has 1 unspecified atom stereocenters. The SMILES string of the molecule is CCCCCCC(Cc1cc(F)ccc1C)NCCC. The highest BCUT2D eigenvalue weighted by Crippen LogP contribution is 2.15. The predicted molar refractivity (Wildman–Crippen MR) is 85.7 cm³/mol. The van der Waals surface area contributed by atoms with Crippen LogP contribution in [0.5, 0.6) is 0 Å². The van der Waals surface area contributed by atoms with E-state index < -0.39 is 0 Å². The summed E-state index contributed by atoms with van der Waals surface area (Å²) in [7, 11) is 0. The largest absolute Gasteiger partial charge is 0.314 e. The molecule has 0 spiro atoms. The summed E-state index contributed by atoms with van der Waals surface area (Å²) in [5.41, 5.74) is 2.34. The molecule has 0 saturated heterocycles. The highest BCUT2D eigenvalue weighted by atomic mass is 19.1. The number of aryl methyl sites for hydroxylation is 1. The zero-order valence-corrected chi connectivity index (χ0v) is 13.3. The van der Waals surface area contributed by atoms with E-state index >= 15 is 0 Å². The van der Waals surface area contributed by atoms with Crippen LogP contribution in [0.1, 0.15) is 63.5 Å². The van der Waals surface area contributed by atoms with E-state index in [9.17, 15) is 4.39 Å². The third kappa shape index (κ3) is 6.51. The van der Waals surface area contributed by atoms with Gasteiger partial charge in [0.05, 0.1) is 0 Å². The van der Waals surface area contributed by atoms with Gasteiger partial charge in [0.2, 0.25) is 0 Å². The van der Waals surface area contributed by atoms with Crippen molar-refractivity contribution in [2.45, 2.75) is 71.8 Å². The summed E-state index contributed by atoms with van der Waals surface area (Å²) >= 11 is 0. The van der Waals surface area contributed by atoms with Crippen molar-refractivity contribution in [3.05, 3.63) is 35.1 Å². The van der Waals surface area contributed by atoms with E-state index in [0.29, 0.717) is 6.04 Å². The van der Waals surface area contributed by atoms with Gasteiger partial charge in [-0.15, -0.1) is 0 Å². The van der Waals surface area contributed by atoms with Gasteiger partial charge in [0.15, 0.2) is 0 Å². The van der Waals surface area contributed by atoms with Crippen molar-refractivity contribution >= 4 is 0 Å². The number of halogens is 1. The van der Waals surface area contributed by atoms with Gasteiger partial charge in [-0.3, -0.25) is 0 Å². The van der Waals surface area contributed by atoms with Crippen LogP contribution in [0.2, 0.25) is 0 Å². The van der Waals surface area contributed by atoms with Crippen molar-refractivity contribution in [2.24, 2.45) is 0 Å². The zero-order chi connectivity index (χ0) is 14.8. The molecule has 2 heteroatoms. The highest BCUT2D eigenvalue weighted by Gasteiger charge is 2.11. The molecule has 0 saturated carbocycles. The molecular weight excluding hydrogens is 249 g/mol. The first-order valence-electron chi connectivity index (χ1n) is 8.15. The third-order valence-corrected chi connectivity index (χ3v) is 3.87. The van der Waals surface area contributed by atoms with Crippen LogP contribution < -0.4 is 5.32 Å². The Balaban J connectivity index is 2.55. The molecule has 1 aromatic rings. The first kappa shape index (κ1) is 17.2. The van der Waals surface area contributed by atoms with Crippen molar-refractivity contribution in [1.82, 2.24) is 5.32 Å². The van der Waals surface area contributed by atoms with Crippen molar-refractivity contribution in [3.8, 4) is 0 Å². The molecule has 0 aliphatic rings. The van der Waals surface area contributed by atoms with Gasteiger partial charge in [0, 0.05) is 6.04 Å². The third-order valence-electron chi connectivity index (χ3n) is 3.87. The summed E-state index contributed by atoms with van der Waals surface area (Å²) in [6.07, 6.45) is 8.45. The molecule has 0 radical (unpaired) electrons. The quantitative estimate of drug-likeness (QED) is 0.593. The van der Waals surface area contributed by atoms with Gasteiger partial charge in [0.25, 0.3) is 0 Å². The molecule has 1 N–H and O–H groups in total. The van der Waals surface area contributed by atoms with Crippen LogP contribution in [0.3, 0.4) is 0 Å². The fourth-order valence-electron chi connectivity index (χ4n) is 2.57. The highest BCUT2D eigenvalue weighted by molar-refractivity contribution is 5.27. The average Bonchev–Trinajstić information content (AvgIpc) is 2.44. The maximum absolute atomic E-state index is 13.4. The topological polar surface area (TPSA) is 12.0 Å². The second kappa shape index (κ2) is 9.93. The summed E-state index contributed by atoms with van der Waals surface area (Å²) < 4.78 is 13.4. The Bertz CT molecular complexity index is 376. The van der Waals surface area contributed by atoms with E-state index in [1.165, 1.54) is 37.7 Å². The van der Waals surface area contributed by atoms with Gasteiger partial charge in [-0.25, -0.2) is 4.39 Å². The van der Waals surface area contributed by atoms with Crippen molar-refractivity contribution in [1.29, 1.82) is 0 Å². The first-order valence-corrected chi connectivity index (χ1v) is 8.15. The van der Waals surface area contributed by atoms with Crippen LogP contribution >= 0.6 is 0 Å². The van der Waals surface area contributed by atoms with Crippen molar-refractivity contribution in [3.63, 3.8) is 0 Å². The number of hydrogen-bond acceptors (Lipinski definition) is 1. The normalized spacial score (nSPS) is 12.6. The van der Waals surface area contributed by atoms with Crippen LogP contribution in [0.4, 0.5) is 4.39 Å². The van der Waals surface area contributed by atoms with Gasteiger partial charge in [-0.05, 0) is 56.0 Å². The Kier molecular flexibility index (Phi) is 8.52. The minimum absolute atomic E-state index is 0.120. The lowest BCUT2D eigenvalue weighted by Crippen LogP contribution is -2.32. The standard InChI is InChI=1S/C18H30FN/c1-4-6-7-8-9-18(20-12-5-2)14-16-13-17(19)11-10-15(16)3/h10-11,13,18,20H,4-9,12,14H2,1-3H3. The second-order valence-electron chi connectivity index (χ2n) is 5.78. The monoisotopic (exact) mass is 279 g/mol. The first-order chi connectivity index (χ1) is 9.67. The summed E-state index contributed by atoms with van der Waals surface area (Å²) in [6, 6.07) is 5.61. The predicted octanol–water partition coefficient (Wildman–Crippen LogP) is 5.02. The number of nitrogens with one attached hydrogen (secondary N) is 1. The Morgan fingerprint density at radius 1 is 1.10 bits per heavy atom. The smallest absolute Gasteiger partial charge is 0.123 e. The Hall–Kier alpha value is -0.890. The summed E-state index contributed by atoms with van der Waals surface area (Å²) in [5.74, 6) is -0.120. The maximum Gasteiger partial charge on any atom is 0.123 e. The molecule has 1 aromatic carbocycles. The fraction of sp³-hybridized carbons (Fsp3) is 0.667. The number of unbranched alkanes of at least 4 members (excludes halogenated alkanes) is 3. The van der Waals surface area contributed by atoms with Crippen molar-refractivity contribution < 1.29 is 4.39 Å². The maximum atomic E-state index is 13.4. The lowest BCUT2D eigenvalue weighted by Gasteiger charge is -2.20. The van der Waals surface area contributed by atoms with E-state index in [1.54, 1.807) is 12.1 Å². The summed E-state index contributed by atoms with van der Waals surface area (Å²) in [6.45, 7) is 7.55. The zero-order valence-electron chi connectivity index (χ0n) is 13.3. The average molecular weight is 279 g/mol. The van der Waals surface area contributed by atoms with E-state index in [2.05, 4.69) is 26.1 Å². The molecular formula is C18H30FN. The molecule has 0 fully saturated rings. The molecule has 1 atom stereocenters. The molecule has 1 rings (SSSR count). The second-order valence-corrected chi connectivity index (χ2v) is 5.78. The molecule has 114 valence electrons. The van der Waals surface area contributed by atoms with Gasteiger partial charge < -0.3 is 5.32 Å². The van der Waals surface area contributed by atoms with Crippen molar-refractivity contribution in [2.75, 3.05) is 6.54 Å². The van der Waals surface area contributed by atoms with Crippen LogP contribution in [0.25, 0.3) is 0 Å². The minimum Gasteiger partial charge on any atom is -0.314 e. The van der Waals surface area contributed by atoms with Crippen LogP contribution in [-0.4, -0.2) is 12.6 Å². The Morgan fingerprint density at radius 3 is 2.60 bits per heavy atom. The summed E-state index contributed by atoms with van der Waals surface area (Å²) in [5, 5.41) is 3.62. The Labute approximate surface area is 124 Å². The van der Waals surface area contributed by atoms with E-state index in [-0.39, 0.29) is 5.82 Å². The minimum atomic E-state index is -0.120. The van der Waals surface area contributed by atoms with Crippen LogP contribution in [0.15, 0.2) is 18.2 Å². The van der Waals surface area contributed by atoms with Crippen LogP contribution in [0, 0.1) is 12.7 Å². The molecule has 0 amide bonds. The number of hydrogen-bond donors (Lipinski definition) is 1. The molecule has 0 bridgehead atoms. The lowest BCUT2D eigenvalue weighted by atomic mass is 9.97. The van der Waals surface area contributed by atoms with E-state index in [4.69, 9.17) is 0 Å². The lowest BCUT2D eigenvalue weighted by molar-refractivity contribution is 0.452. The van der Waals surface area contributed by atoms with E-state index in [0.717, 1.165) is 24.9 Å². The Morgan fingerprint density at radius 2 is 1.90 bits per heavy atom. The molecule has 0 aliphatic carbocycles.